The van der Waals surface area contributed by atoms with Gasteiger partial charge in [-0.1, -0.05) is 42.2 Å². The molecule has 8 nitrogen and oxygen atoms in total. The van der Waals surface area contributed by atoms with Gasteiger partial charge in [-0.2, -0.15) is 8.78 Å². The maximum atomic E-state index is 12.7. The molecule has 0 bridgehead atoms. The third kappa shape index (κ3) is 6.05. The Labute approximate surface area is 195 Å². The molecule has 1 saturated heterocycles. The molecule has 0 spiro atoms. The van der Waals surface area contributed by atoms with E-state index in [0.717, 1.165) is 23.9 Å². The van der Waals surface area contributed by atoms with E-state index in [4.69, 9.17) is 17.3 Å². The van der Waals surface area contributed by atoms with Crippen molar-refractivity contribution in [2.75, 3.05) is 11.9 Å². The number of nitrogens with zero attached hydrogens (tertiary/aromatic N) is 1. The lowest BCUT2D eigenvalue weighted by Crippen LogP contribution is -2.31. The average Bonchev–Trinajstić information content (AvgIpc) is 3.01. The summed E-state index contributed by atoms with van der Waals surface area (Å²) in [6.07, 6.45) is 1.25. The number of carbonyl (C=O) groups excluding carboxylic acids is 2. The number of carboxylic acids is 1. The molecule has 0 atom stereocenters. The first-order valence-corrected chi connectivity index (χ1v) is 10.5. The third-order valence-electron chi connectivity index (χ3n) is 4.37. The fraction of sp³-hybridized carbons (Fsp3) is 0.143. The summed E-state index contributed by atoms with van der Waals surface area (Å²) in [5, 5.41) is 21.1. The number of aromatic carboxylic acids is 1. The Bertz CT molecular complexity index is 1160. The van der Waals surface area contributed by atoms with Gasteiger partial charge in [-0.25, -0.2) is 4.79 Å². The molecule has 0 saturated carbocycles. The number of carboxylic acid groups (broad SMARTS) is 1. The average molecular weight is 494 g/mol. The van der Waals surface area contributed by atoms with Gasteiger partial charge in [0.2, 0.25) is 5.91 Å². The van der Waals surface area contributed by atoms with Crippen LogP contribution < -0.4 is 10.1 Å². The Hall–Kier alpha value is -3.51. The summed E-state index contributed by atoms with van der Waals surface area (Å²) in [5.74, 6) is -2.88. The number of aromatic hydroxyl groups is 1. The quantitative estimate of drug-likeness (QED) is 0.287. The number of hydrogen-bond acceptors (Lipinski definition) is 7. The summed E-state index contributed by atoms with van der Waals surface area (Å²) in [6.45, 7) is -3.07. The number of phenols is 1. The minimum atomic E-state index is -3.02. The first kappa shape index (κ1) is 24.1. The van der Waals surface area contributed by atoms with E-state index < -0.39 is 30.1 Å². The van der Waals surface area contributed by atoms with E-state index in [9.17, 15) is 28.3 Å². The molecule has 2 aromatic carbocycles. The highest BCUT2D eigenvalue weighted by atomic mass is 32.2. The first-order valence-electron chi connectivity index (χ1n) is 9.31. The molecule has 0 unspecified atom stereocenters. The molecule has 2 aromatic rings. The van der Waals surface area contributed by atoms with Gasteiger partial charge >= 0.3 is 12.6 Å². The summed E-state index contributed by atoms with van der Waals surface area (Å²) in [6, 6.07) is 9.57. The van der Waals surface area contributed by atoms with E-state index in [1.165, 1.54) is 35.2 Å². The zero-order chi connectivity index (χ0) is 24.1. The van der Waals surface area contributed by atoms with Crippen LogP contribution in [0.15, 0.2) is 47.4 Å². The van der Waals surface area contributed by atoms with Gasteiger partial charge in [-0.3, -0.25) is 14.5 Å². The molecule has 12 heteroatoms. The molecule has 1 heterocycles. The van der Waals surface area contributed by atoms with Crippen LogP contribution in [-0.2, 0) is 9.59 Å². The Balaban J connectivity index is 1.65. The highest BCUT2D eigenvalue weighted by Gasteiger charge is 2.32. The zero-order valence-corrected chi connectivity index (χ0v) is 18.3. The smallest absolute Gasteiger partial charge is 0.387 e. The Morgan fingerprint density at radius 3 is 2.67 bits per heavy atom. The van der Waals surface area contributed by atoms with E-state index in [-0.39, 0.29) is 44.8 Å². The number of carbonyl (C=O) groups is 3. The number of hydrogen-bond donors (Lipinski definition) is 3. The number of alkyl halides is 2. The molecule has 3 N–H and O–H groups in total. The van der Waals surface area contributed by atoms with E-state index in [1.807, 2.05) is 0 Å². The van der Waals surface area contributed by atoms with Gasteiger partial charge in [-0.15, -0.1) is 0 Å². The van der Waals surface area contributed by atoms with Crippen LogP contribution in [0.2, 0.25) is 0 Å². The molecule has 1 aliphatic heterocycles. The molecule has 1 aliphatic rings. The largest absolute Gasteiger partial charge is 0.507 e. The number of benzene rings is 2. The van der Waals surface area contributed by atoms with Gasteiger partial charge in [0.1, 0.15) is 21.4 Å². The van der Waals surface area contributed by atoms with Crippen LogP contribution in [0.3, 0.4) is 0 Å². The lowest BCUT2D eigenvalue weighted by Gasteiger charge is -2.14. The minimum absolute atomic E-state index is 0.0487. The maximum absolute atomic E-state index is 12.7. The summed E-state index contributed by atoms with van der Waals surface area (Å²) < 4.78 is 29.9. The van der Waals surface area contributed by atoms with Crippen molar-refractivity contribution >= 4 is 57.8 Å². The van der Waals surface area contributed by atoms with E-state index in [0.29, 0.717) is 0 Å². The van der Waals surface area contributed by atoms with Crippen LogP contribution in [-0.4, -0.2) is 50.4 Å². The Morgan fingerprint density at radius 1 is 1.24 bits per heavy atom. The zero-order valence-electron chi connectivity index (χ0n) is 16.7. The predicted octanol–water partition coefficient (Wildman–Crippen LogP) is 3.92. The van der Waals surface area contributed by atoms with E-state index in [1.54, 1.807) is 6.07 Å². The molecule has 0 aliphatic carbocycles. The van der Waals surface area contributed by atoms with Crippen molar-refractivity contribution in [3.05, 3.63) is 58.5 Å². The second-order valence-corrected chi connectivity index (χ2v) is 8.26. The minimum Gasteiger partial charge on any atom is -0.507 e. The lowest BCUT2D eigenvalue weighted by molar-refractivity contribution is -0.122. The second-order valence-electron chi connectivity index (χ2n) is 6.58. The van der Waals surface area contributed by atoms with Crippen LogP contribution in [0, 0.1) is 0 Å². The Kier molecular flexibility index (Phi) is 7.61. The van der Waals surface area contributed by atoms with Crippen molar-refractivity contribution < 1.29 is 38.1 Å². The second kappa shape index (κ2) is 10.4. The lowest BCUT2D eigenvalue weighted by atomic mass is 10.1. The number of thiocarbonyl (C=S) groups is 1. The van der Waals surface area contributed by atoms with Gasteiger partial charge in [0.05, 0.1) is 4.91 Å². The highest BCUT2D eigenvalue weighted by Crippen LogP contribution is 2.34. The van der Waals surface area contributed by atoms with Crippen LogP contribution in [0.25, 0.3) is 6.08 Å². The van der Waals surface area contributed by atoms with Crippen molar-refractivity contribution in [2.24, 2.45) is 0 Å². The number of amides is 2. The van der Waals surface area contributed by atoms with Gasteiger partial charge < -0.3 is 20.3 Å². The van der Waals surface area contributed by atoms with Crippen molar-refractivity contribution in [1.29, 1.82) is 0 Å². The standard InChI is InChI=1S/C21H16F2N2O6S2/c22-20(23)31-15-4-2-1-3-11(15)9-16-18(28)25(21(32)33-16)8-7-17(27)24-12-5-6-14(26)13(10-12)19(29)30/h1-6,9-10,20,26H,7-8H2,(H,24,27)(H,29,30)/b16-9-. The van der Waals surface area contributed by atoms with Gasteiger partial charge in [0, 0.05) is 24.2 Å². The summed E-state index contributed by atoms with van der Waals surface area (Å²) >= 11 is 6.17. The maximum Gasteiger partial charge on any atom is 0.387 e. The number of thioether (sulfide) groups is 1. The predicted molar refractivity (Wildman–Crippen MR) is 121 cm³/mol. The topological polar surface area (TPSA) is 116 Å². The molecule has 172 valence electrons. The molecule has 0 aromatic heterocycles. The Morgan fingerprint density at radius 2 is 1.97 bits per heavy atom. The SMILES string of the molecule is O=C(CCN1C(=O)/C(=C/c2ccccc2OC(F)F)SC1=S)Nc1ccc(O)c(C(=O)O)c1. The molecular formula is C21H16F2N2O6S2. The summed E-state index contributed by atoms with van der Waals surface area (Å²) in [4.78, 5) is 37.5. The van der Waals surface area contributed by atoms with Crippen LogP contribution in [0.4, 0.5) is 14.5 Å². The van der Waals surface area contributed by atoms with Crippen molar-refractivity contribution in [2.45, 2.75) is 13.0 Å². The highest BCUT2D eigenvalue weighted by molar-refractivity contribution is 8.26. The third-order valence-corrected chi connectivity index (χ3v) is 5.75. The number of ether oxygens (including phenoxy) is 1. The van der Waals surface area contributed by atoms with Crippen molar-refractivity contribution in [3.8, 4) is 11.5 Å². The molecule has 0 radical (unpaired) electrons. The first-order chi connectivity index (χ1) is 15.7. The van der Waals surface area contributed by atoms with Crippen molar-refractivity contribution in [1.82, 2.24) is 4.90 Å². The monoisotopic (exact) mass is 494 g/mol. The number of anilines is 1. The van der Waals surface area contributed by atoms with E-state index in [2.05, 4.69) is 10.1 Å². The fourth-order valence-electron chi connectivity index (χ4n) is 2.86. The summed E-state index contributed by atoms with van der Waals surface area (Å²) in [5.41, 5.74) is 0.0692. The van der Waals surface area contributed by atoms with E-state index >= 15 is 0 Å². The number of halogens is 2. The van der Waals surface area contributed by atoms with Gasteiger partial charge in [-0.05, 0) is 30.3 Å². The van der Waals surface area contributed by atoms with Crippen LogP contribution in [0.1, 0.15) is 22.3 Å². The van der Waals surface area contributed by atoms with Crippen LogP contribution in [0.5, 0.6) is 11.5 Å². The normalized spacial score (nSPS) is 14.8. The number of rotatable bonds is 8. The molecule has 3 rings (SSSR count). The van der Waals surface area contributed by atoms with Gasteiger partial charge in [0.15, 0.2) is 0 Å². The van der Waals surface area contributed by atoms with Crippen molar-refractivity contribution in [3.63, 3.8) is 0 Å². The summed E-state index contributed by atoms with van der Waals surface area (Å²) in [7, 11) is 0. The molecular weight excluding hydrogens is 478 g/mol. The van der Waals surface area contributed by atoms with Crippen LogP contribution >= 0.6 is 24.0 Å². The number of nitrogens with one attached hydrogen (secondary N) is 1. The number of para-hydroxylation sites is 1. The fourth-order valence-corrected chi connectivity index (χ4v) is 4.16. The molecule has 1 fully saturated rings. The van der Waals surface area contributed by atoms with Gasteiger partial charge in [0.25, 0.3) is 5.91 Å². The molecule has 2 amide bonds. The molecule has 33 heavy (non-hydrogen) atoms.